The minimum atomic E-state index is -1.03. The second kappa shape index (κ2) is 6.09. The molecule has 1 aromatic rings. The van der Waals surface area contributed by atoms with E-state index in [9.17, 15) is 4.79 Å². The van der Waals surface area contributed by atoms with Crippen molar-refractivity contribution in [2.24, 2.45) is 5.73 Å². The van der Waals surface area contributed by atoms with E-state index in [1.165, 1.54) is 7.11 Å². The number of para-hydroxylation sites is 1. The van der Waals surface area contributed by atoms with Crippen LogP contribution < -0.4 is 10.5 Å². The normalized spacial score (nSPS) is 12.1. The van der Waals surface area contributed by atoms with Crippen LogP contribution in [0.4, 0.5) is 0 Å². The molecule has 0 spiro atoms. The Kier molecular flexibility index (Phi) is 4.75. The number of carbonyl (C=O) groups is 1. The highest BCUT2D eigenvalue weighted by molar-refractivity contribution is 5.73. The summed E-state index contributed by atoms with van der Waals surface area (Å²) >= 11 is 0. The quantitative estimate of drug-likeness (QED) is 0.694. The molecular formula is C11H15NO4. The molecule has 0 saturated heterocycles. The number of ether oxygens (including phenoxy) is 2. The van der Waals surface area contributed by atoms with Crippen LogP contribution in [0, 0.1) is 0 Å². The summed E-state index contributed by atoms with van der Waals surface area (Å²) in [7, 11) is 1.52. The van der Waals surface area contributed by atoms with Crippen LogP contribution in [0.5, 0.6) is 5.75 Å². The highest BCUT2D eigenvalue weighted by Crippen LogP contribution is 2.19. The molecular weight excluding hydrogens is 210 g/mol. The maximum atomic E-state index is 10.6. The number of hydrogen-bond acceptors (Lipinski definition) is 4. The van der Waals surface area contributed by atoms with Gasteiger partial charge >= 0.3 is 5.97 Å². The van der Waals surface area contributed by atoms with E-state index in [2.05, 4.69) is 0 Å². The highest BCUT2D eigenvalue weighted by Gasteiger charge is 2.14. The number of methoxy groups -OCH3 is 1. The summed E-state index contributed by atoms with van der Waals surface area (Å²) in [5.74, 6) is -0.428. The van der Waals surface area contributed by atoms with E-state index >= 15 is 0 Å². The average molecular weight is 225 g/mol. The van der Waals surface area contributed by atoms with Crippen molar-refractivity contribution in [1.29, 1.82) is 0 Å². The topological polar surface area (TPSA) is 81.8 Å². The minimum absolute atomic E-state index is 0.124. The van der Waals surface area contributed by atoms with Crippen LogP contribution in [0.3, 0.4) is 0 Å². The predicted molar refractivity (Wildman–Crippen MR) is 58.3 cm³/mol. The Morgan fingerprint density at radius 3 is 2.81 bits per heavy atom. The first-order valence-electron chi connectivity index (χ1n) is 4.83. The van der Waals surface area contributed by atoms with Gasteiger partial charge in [0.05, 0.1) is 0 Å². The van der Waals surface area contributed by atoms with E-state index < -0.39 is 12.0 Å². The first-order chi connectivity index (χ1) is 7.65. The lowest BCUT2D eigenvalue weighted by Gasteiger charge is -2.12. The molecule has 0 amide bonds. The molecule has 5 nitrogen and oxygen atoms in total. The Hall–Kier alpha value is -1.59. The fourth-order valence-corrected chi connectivity index (χ4v) is 1.26. The van der Waals surface area contributed by atoms with Crippen LogP contribution in [0.25, 0.3) is 0 Å². The summed E-state index contributed by atoms with van der Waals surface area (Å²) in [6, 6.07) is 6.23. The Balaban J connectivity index is 2.74. The molecule has 5 heteroatoms. The smallest absolute Gasteiger partial charge is 0.320 e. The molecule has 88 valence electrons. The van der Waals surface area contributed by atoms with Crippen molar-refractivity contribution >= 4 is 5.97 Å². The third-order valence-electron chi connectivity index (χ3n) is 2.06. The Labute approximate surface area is 93.8 Å². The van der Waals surface area contributed by atoms with Crippen LogP contribution >= 0.6 is 0 Å². The zero-order valence-electron chi connectivity index (χ0n) is 9.05. The third-order valence-corrected chi connectivity index (χ3v) is 2.06. The lowest BCUT2D eigenvalue weighted by Crippen LogP contribution is -2.32. The number of rotatable bonds is 6. The van der Waals surface area contributed by atoms with Crippen molar-refractivity contribution < 1.29 is 19.4 Å². The van der Waals surface area contributed by atoms with Crippen LogP contribution in [-0.4, -0.2) is 31.0 Å². The van der Waals surface area contributed by atoms with Crippen molar-refractivity contribution in [3.63, 3.8) is 0 Å². The standard InChI is InChI=1S/C11H15NO4/c1-15-7-16-10-5-3-2-4-8(10)6-9(12)11(13)14/h2-5,9H,6-7,12H2,1H3,(H,13,14). The minimum Gasteiger partial charge on any atom is -0.480 e. The van der Waals surface area contributed by atoms with E-state index in [4.69, 9.17) is 20.3 Å². The van der Waals surface area contributed by atoms with Crippen molar-refractivity contribution in [1.82, 2.24) is 0 Å². The molecule has 1 aromatic carbocycles. The van der Waals surface area contributed by atoms with Crippen molar-refractivity contribution in [2.45, 2.75) is 12.5 Å². The van der Waals surface area contributed by atoms with Crippen LogP contribution in [0.1, 0.15) is 5.56 Å². The summed E-state index contributed by atoms with van der Waals surface area (Å²) in [5.41, 5.74) is 6.22. The molecule has 1 rings (SSSR count). The second-order valence-electron chi connectivity index (χ2n) is 3.31. The first kappa shape index (κ1) is 12.5. The van der Waals surface area contributed by atoms with E-state index in [0.717, 1.165) is 5.56 Å². The number of benzene rings is 1. The molecule has 0 aliphatic rings. The molecule has 1 atom stereocenters. The van der Waals surface area contributed by atoms with Gasteiger partial charge < -0.3 is 20.3 Å². The number of nitrogens with two attached hydrogens (primary N) is 1. The average Bonchev–Trinajstić information content (AvgIpc) is 2.27. The van der Waals surface area contributed by atoms with Gasteiger partial charge in [0, 0.05) is 13.5 Å². The zero-order valence-corrected chi connectivity index (χ0v) is 9.05. The molecule has 0 aromatic heterocycles. The van der Waals surface area contributed by atoms with E-state index in [-0.39, 0.29) is 13.2 Å². The van der Waals surface area contributed by atoms with Gasteiger partial charge in [-0.1, -0.05) is 18.2 Å². The molecule has 0 bridgehead atoms. The Bertz CT molecular complexity index is 354. The summed E-state index contributed by atoms with van der Waals surface area (Å²) in [5, 5.41) is 8.72. The monoisotopic (exact) mass is 225 g/mol. The zero-order chi connectivity index (χ0) is 12.0. The molecule has 1 unspecified atom stereocenters. The fourth-order valence-electron chi connectivity index (χ4n) is 1.26. The number of carboxylic acid groups (broad SMARTS) is 1. The summed E-state index contributed by atoms with van der Waals surface area (Å²) < 4.78 is 10.1. The maximum Gasteiger partial charge on any atom is 0.320 e. The molecule has 0 radical (unpaired) electrons. The van der Waals surface area contributed by atoms with E-state index in [0.29, 0.717) is 5.75 Å². The fraction of sp³-hybridized carbons (Fsp3) is 0.364. The second-order valence-corrected chi connectivity index (χ2v) is 3.31. The van der Waals surface area contributed by atoms with Gasteiger partial charge in [-0.3, -0.25) is 4.79 Å². The van der Waals surface area contributed by atoms with Gasteiger partial charge in [0.25, 0.3) is 0 Å². The lowest BCUT2D eigenvalue weighted by molar-refractivity contribution is -0.138. The van der Waals surface area contributed by atoms with Gasteiger partial charge in [-0.25, -0.2) is 0 Å². The van der Waals surface area contributed by atoms with Gasteiger partial charge in [-0.05, 0) is 11.6 Å². The largest absolute Gasteiger partial charge is 0.480 e. The van der Waals surface area contributed by atoms with Crippen molar-refractivity contribution in [2.75, 3.05) is 13.9 Å². The van der Waals surface area contributed by atoms with Gasteiger partial charge in [-0.15, -0.1) is 0 Å². The molecule has 0 aliphatic heterocycles. The van der Waals surface area contributed by atoms with Crippen molar-refractivity contribution in [3.05, 3.63) is 29.8 Å². The van der Waals surface area contributed by atoms with Gasteiger partial charge in [0.1, 0.15) is 11.8 Å². The summed E-state index contributed by atoms with van der Waals surface area (Å²) in [4.78, 5) is 10.6. The maximum absolute atomic E-state index is 10.6. The predicted octanol–water partition coefficient (Wildman–Crippen LogP) is 0.624. The van der Waals surface area contributed by atoms with Gasteiger partial charge in [0.2, 0.25) is 0 Å². The molecule has 3 N–H and O–H groups in total. The SMILES string of the molecule is COCOc1ccccc1CC(N)C(=O)O. The van der Waals surface area contributed by atoms with Crippen LogP contribution in [0.15, 0.2) is 24.3 Å². The third kappa shape index (κ3) is 3.52. The molecule has 0 heterocycles. The number of carboxylic acids is 1. The van der Waals surface area contributed by atoms with E-state index in [1.807, 2.05) is 6.07 Å². The molecule has 0 saturated carbocycles. The van der Waals surface area contributed by atoms with Crippen LogP contribution in [-0.2, 0) is 16.0 Å². The summed E-state index contributed by atoms with van der Waals surface area (Å²) in [6.07, 6.45) is 0.231. The van der Waals surface area contributed by atoms with Gasteiger partial charge in [-0.2, -0.15) is 0 Å². The molecule has 16 heavy (non-hydrogen) atoms. The lowest BCUT2D eigenvalue weighted by atomic mass is 10.1. The van der Waals surface area contributed by atoms with Gasteiger partial charge in [0.15, 0.2) is 6.79 Å². The number of aliphatic carboxylic acids is 1. The first-order valence-corrected chi connectivity index (χ1v) is 4.83. The highest BCUT2D eigenvalue weighted by atomic mass is 16.7. The van der Waals surface area contributed by atoms with Crippen LogP contribution in [0.2, 0.25) is 0 Å². The molecule has 0 aliphatic carbocycles. The van der Waals surface area contributed by atoms with Crippen molar-refractivity contribution in [3.8, 4) is 5.75 Å². The molecule has 0 fully saturated rings. The Morgan fingerprint density at radius 2 is 2.19 bits per heavy atom. The summed E-state index contributed by atoms with van der Waals surface area (Å²) in [6.45, 7) is 0.124. The number of hydrogen-bond donors (Lipinski definition) is 2. The van der Waals surface area contributed by atoms with E-state index in [1.54, 1.807) is 18.2 Å². The Morgan fingerprint density at radius 1 is 1.50 bits per heavy atom.